The number of anilines is 2. The summed E-state index contributed by atoms with van der Waals surface area (Å²) in [5, 5.41) is 6.75. The number of halogens is 2. The maximum Gasteiger partial charge on any atom is 0.214 e. The lowest BCUT2D eigenvalue weighted by Gasteiger charge is -2.31. The number of benzene rings is 1. The molecule has 37 heavy (non-hydrogen) atoms. The predicted octanol–water partition coefficient (Wildman–Crippen LogP) is 3.02. The number of thiazole rings is 1. The first kappa shape index (κ1) is 27.0. The molecule has 1 aromatic carbocycles. The second-order valence-electron chi connectivity index (χ2n) is 8.68. The molecule has 1 aliphatic rings. The van der Waals surface area contributed by atoms with E-state index in [0.717, 1.165) is 29.0 Å². The molecular weight excluding hydrogens is 522 g/mol. The predicted molar refractivity (Wildman–Crippen MR) is 139 cm³/mol. The molecule has 0 radical (unpaired) electrons. The van der Waals surface area contributed by atoms with Crippen LogP contribution in [-0.2, 0) is 16.6 Å². The van der Waals surface area contributed by atoms with Crippen LogP contribution in [0.15, 0.2) is 42.7 Å². The van der Waals surface area contributed by atoms with Crippen LogP contribution in [0.1, 0.15) is 40.1 Å². The summed E-state index contributed by atoms with van der Waals surface area (Å²) in [6, 6.07) is 6.93. The first-order valence-corrected chi connectivity index (χ1v) is 14.3. The number of ketones is 1. The van der Waals surface area contributed by atoms with Gasteiger partial charge in [-0.15, -0.1) is 0 Å². The third-order valence-corrected chi connectivity index (χ3v) is 8.99. The Morgan fingerprint density at radius 3 is 2.57 bits per heavy atom. The average Bonchev–Trinajstić information content (AvgIpc) is 3.24. The molecule has 0 aliphatic carbocycles. The lowest BCUT2D eigenvalue weighted by atomic mass is 10.1. The summed E-state index contributed by atoms with van der Waals surface area (Å²) < 4.78 is 55.0. The lowest BCUT2D eigenvalue weighted by molar-refractivity contribution is 0.103. The van der Waals surface area contributed by atoms with E-state index in [4.69, 9.17) is 5.73 Å². The van der Waals surface area contributed by atoms with Crippen LogP contribution in [0.25, 0.3) is 0 Å². The summed E-state index contributed by atoms with van der Waals surface area (Å²) in [5.74, 6) is -2.85. The number of nitrogen functional groups attached to an aromatic ring is 1. The number of hydrogen-bond acceptors (Lipinski definition) is 9. The SMILES string of the molecule is Nc1nc(NC2CCN(S(=O)(=O)CCCNCc3cccnc3)CC2)sc1C(=O)c1c(F)cccc1F. The van der Waals surface area contributed by atoms with Gasteiger partial charge in [0.1, 0.15) is 22.3 Å². The molecule has 0 saturated carbocycles. The van der Waals surface area contributed by atoms with Crippen LogP contribution >= 0.6 is 11.3 Å². The second kappa shape index (κ2) is 12.0. The number of pyridine rings is 1. The van der Waals surface area contributed by atoms with Crippen LogP contribution in [0.2, 0.25) is 0 Å². The van der Waals surface area contributed by atoms with E-state index in [1.807, 2.05) is 12.1 Å². The van der Waals surface area contributed by atoms with Crippen molar-refractivity contribution in [1.82, 2.24) is 19.6 Å². The van der Waals surface area contributed by atoms with Crippen LogP contribution in [0, 0.1) is 11.6 Å². The largest absolute Gasteiger partial charge is 0.382 e. The molecular formula is C24H28F2N6O3S2. The molecule has 0 unspecified atom stereocenters. The van der Waals surface area contributed by atoms with Gasteiger partial charge in [-0.25, -0.2) is 26.5 Å². The van der Waals surface area contributed by atoms with E-state index in [1.165, 1.54) is 10.4 Å². The number of piperidine rings is 1. The van der Waals surface area contributed by atoms with Crippen molar-refractivity contribution in [2.24, 2.45) is 0 Å². The maximum absolute atomic E-state index is 14.0. The number of nitrogens with one attached hydrogen (secondary N) is 2. The van der Waals surface area contributed by atoms with E-state index < -0.39 is 33.0 Å². The molecule has 3 aromatic rings. The van der Waals surface area contributed by atoms with Crippen LogP contribution in [-0.4, -0.2) is 59.9 Å². The molecule has 1 fully saturated rings. The van der Waals surface area contributed by atoms with Crippen molar-refractivity contribution in [3.63, 3.8) is 0 Å². The summed E-state index contributed by atoms with van der Waals surface area (Å²) in [5.41, 5.74) is 6.23. The van der Waals surface area contributed by atoms with Gasteiger partial charge in [-0.05, 0) is 49.6 Å². The van der Waals surface area contributed by atoms with Gasteiger partial charge in [-0.3, -0.25) is 9.78 Å². The summed E-state index contributed by atoms with van der Waals surface area (Å²) in [7, 11) is -3.37. The fourth-order valence-corrected chi connectivity index (χ4v) is 6.52. The quantitative estimate of drug-likeness (QED) is 0.245. The van der Waals surface area contributed by atoms with E-state index in [1.54, 1.807) is 12.4 Å². The summed E-state index contributed by atoms with van der Waals surface area (Å²) in [6.07, 6.45) is 5.06. The standard InChI is InChI=1S/C24H28F2N6O3S2/c25-18-5-1-6-19(26)20(18)21(33)22-23(27)31-24(36-22)30-17-7-11-32(12-8-17)37(34,35)13-3-10-29-15-16-4-2-9-28-14-16/h1-2,4-6,9,14,17,29H,3,7-8,10-13,15,27H2,(H,30,31). The van der Waals surface area contributed by atoms with Gasteiger partial charge in [0.2, 0.25) is 15.8 Å². The summed E-state index contributed by atoms with van der Waals surface area (Å²) >= 11 is 0.921. The molecule has 13 heteroatoms. The van der Waals surface area contributed by atoms with Crippen molar-refractivity contribution in [2.75, 3.05) is 36.4 Å². The van der Waals surface area contributed by atoms with Gasteiger partial charge in [0, 0.05) is 38.1 Å². The molecule has 9 nitrogen and oxygen atoms in total. The third kappa shape index (κ3) is 6.86. The highest BCUT2D eigenvalue weighted by Gasteiger charge is 2.29. The minimum Gasteiger partial charge on any atom is -0.382 e. The maximum atomic E-state index is 14.0. The summed E-state index contributed by atoms with van der Waals surface area (Å²) in [4.78, 5) is 20.8. The van der Waals surface area contributed by atoms with E-state index in [2.05, 4.69) is 20.6 Å². The first-order chi connectivity index (χ1) is 17.7. The Bertz CT molecular complexity index is 1310. The van der Waals surface area contributed by atoms with Gasteiger partial charge in [0.25, 0.3) is 0 Å². The molecule has 4 N–H and O–H groups in total. The fourth-order valence-electron chi connectivity index (χ4n) is 4.08. The van der Waals surface area contributed by atoms with E-state index in [0.29, 0.717) is 50.6 Å². The molecule has 0 amide bonds. The zero-order chi connectivity index (χ0) is 26.4. The molecule has 4 rings (SSSR count). The molecule has 0 bridgehead atoms. The Balaban J connectivity index is 1.25. The first-order valence-electron chi connectivity index (χ1n) is 11.8. The van der Waals surface area contributed by atoms with Crippen molar-refractivity contribution >= 4 is 38.1 Å². The van der Waals surface area contributed by atoms with Crippen molar-refractivity contribution in [1.29, 1.82) is 0 Å². The van der Waals surface area contributed by atoms with E-state index >= 15 is 0 Å². The van der Waals surface area contributed by atoms with Gasteiger partial charge >= 0.3 is 0 Å². The van der Waals surface area contributed by atoms with Crippen molar-refractivity contribution < 1.29 is 22.0 Å². The Kier molecular flexibility index (Phi) is 8.79. The smallest absolute Gasteiger partial charge is 0.214 e. The normalized spacial score (nSPS) is 15.1. The number of sulfonamides is 1. The third-order valence-electron chi connectivity index (χ3n) is 6.03. The lowest BCUT2D eigenvalue weighted by Crippen LogP contribution is -2.43. The Labute approximate surface area is 218 Å². The van der Waals surface area contributed by atoms with Crippen LogP contribution in [0.3, 0.4) is 0 Å². The molecule has 2 aromatic heterocycles. The van der Waals surface area contributed by atoms with Crippen LogP contribution in [0.5, 0.6) is 0 Å². The van der Waals surface area contributed by atoms with Gasteiger partial charge < -0.3 is 16.4 Å². The molecule has 0 spiro atoms. The Hall–Kier alpha value is -3.00. The van der Waals surface area contributed by atoms with Crippen molar-refractivity contribution in [3.8, 4) is 0 Å². The topological polar surface area (TPSA) is 130 Å². The zero-order valence-corrected chi connectivity index (χ0v) is 21.6. The molecule has 3 heterocycles. The number of aromatic nitrogens is 2. The van der Waals surface area contributed by atoms with Crippen LogP contribution in [0.4, 0.5) is 19.7 Å². The minimum atomic E-state index is -3.37. The molecule has 198 valence electrons. The number of carbonyl (C=O) groups excluding carboxylic acids is 1. The number of nitrogens with two attached hydrogens (primary N) is 1. The fraction of sp³-hybridized carbons (Fsp3) is 0.375. The van der Waals surface area contributed by atoms with Crippen LogP contribution < -0.4 is 16.4 Å². The number of carbonyl (C=O) groups is 1. The number of nitrogens with zero attached hydrogens (tertiary/aromatic N) is 3. The monoisotopic (exact) mass is 550 g/mol. The minimum absolute atomic E-state index is 0.0522. The summed E-state index contributed by atoms with van der Waals surface area (Å²) in [6.45, 7) is 1.93. The van der Waals surface area contributed by atoms with Crippen molar-refractivity contribution in [3.05, 3.63) is 70.4 Å². The molecule has 1 saturated heterocycles. The van der Waals surface area contributed by atoms with Crippen molar-refractivity contribution in [2.45, 2.75) is 31.8 Å². The van der Waals surface area contributed by atoms with Gasteiger partial charge in [-0.2, -0.15) is 0 Å². The highest BCUT2D eigenvalue weighted by Crippen LogP contribution is 2.30. The Morgan fingerprint density at radius 1 is 1.16 bits per heavy atom. The zero-order valence-electron chi connectivity index (χ0n) is 20.0. The average molecular weight is 551 g/mol. The second-order valence-corrected chi connectivity index (χ2v) is 11.8. The Morgan fingerprint density at radius 2 is 1.89 bits per heavy atom. The van der Waals surface area contributed by atoms with E-state index in [9.17, 15) is 22.0 Å². The highest BCUT2D eigenvalue weighted by atomic mass is 32.2. The highest BCUT2D eigenvalue weighted by molar-refractivity contribution is 7.89. The van der Waals surface area contributed by atoms with Gasteiger partial charge in [0.15, 0.2) is 5.13 Å². The molecule has 1 aliphatic heterocycles. The number of hydrogen-bond donors (Lipinski definition) is 3. The molecule has 0 atom stereocenters. The van der Waals surface area contributed by atoms with E-state index in [-0.39, 0.29) is 22.5 Å². The van der Waals surface area contributed by atoms with Gasteiger partial charge in [-0.1, -0.05) is 23.5 Å². The number of rotatable bonds is 11. The van der Waals surface area contributed by atoms with Gasteiger partial charge in [0.05, 0.1) is 11.3 Å².